The lowest BCUT2D eigenvalue weighted by atomic mass is 9.94. The molecule has 4 heterocycles. The molecule has 3 aliphatic heterocycles. The molecule has 2 atom stereocenters. The summed E-state index contributed by atoms with van der Waals surface area (Å²) in [6.07, 6.45) is 8.30. The molecule has 5 rings (SSSR count). The van der Waals surface area contributed by atoms with Crippen LogP contribution in [0.4, 0.5) is 0 Å². The first-order valence-corrected chi connectivity index (χ1v) is 10.3. The number of amides is 1. The Bertz CT molecular complexity index is 757. The molecule has 5 nitrogen and oxygen atoms in total. The highest BCUT2D eigenvalue weighted by atomic mass is 16.2. The maximum atomic E-state index is 13.0. The van der Waals surface area contributed by atoms with Gasteiger partial charge in [-0.15, -0.1) is 0 Å². The highest BCUT2D eigenvalue weighted by Gasteiger charge is 2.37. The van der Waals surface area contributed by atoms with Crippen LogP contribution in [0.25, 0.3) is 0 Å². The Kier molecular flexibility index (Phi) is 5.58. The lowest BCUT2D eigenvalue weighted by Crippen LogP contribution is -2.47. The van der Waals surface area contributed by atoms with Crippen molar-refractivity contribution in [1.29, 1.82) is 0 Å². The van der Waals surface area contributed by atoms with E-state index in [0.717, 1.165) is 51.1 Å². The van der Waals surface area contributed by atoms with E-state index in [1.54, 1.807) is 6.20 Å². The zero-order valence-corrected chi connectivity index (χ0v) is 16.3. The Morgan fingerprint density at radius 1 is 1.15 bits per heavy atom. The van der Waals surface area contributed by atoms with E-state index >= 15 is 0 Å². The van der Waals surface area contributed by atoms with Crippen molar-refractivity contribution in [3.05, 3.63) is 53.9 Å². The molecular weight excluding hydrogens is 336 g/mol. The summed E-state index contributed by atoms with van der Waals surface area (Å²) in [6.45, 7) is 7.01. The molecule has 144 valence electrons. The largest absolute Gasteiger partial charge is 0.334 e. The molecule has 0 aliphatic carbocycles. The molecule has 0 spiro atoms. The molecule has 1 aromatic carbocycles. The monoisotopic (exact) mass is 366 g/mol. The Balaban J connectivity index is 1.36. The van der Waals surface area contributed by atoms with Crippen LogP contribution in [-0.4, -0.2) is 57.7 Å². The summed E-state index contributed by atoms with van der Waals surface area (Å²) in [5.41, 5.74) is 2.15. The van der Waals surface area contributed by atoms with E-state index in [4.69, 9.17) is 0 Å². The van der Waals surface area contributed by atoms with Gasteiger partial charge in [-0.25, -0.2) is 0 Å². The minimum atomic E-state index is 0.163. The Morgan fingerprint density at radius 3 is 2.78 bits per heavy atom. The van der Waals surface area contributed by atoms with Gasteiger partial charge in [-0.05, 0) is 50.6 Å². The number of aromatic nitrogens is 2. The highest BCUT2D eigenvalue weighted by molar-refractivity contribution is 5.94. The number of carbonyl (C=O) groups is 1. The zero-order valence-electron chi connectivity index (χ0n) is 16.3. The second kappa shape index (κ2) is 8.26. The van der Waals surface area contributed by atoms with Crippen LogP contribution in [0.1, 0.15) is 42.1 Å². The fourth-order valence-corrected chi connectivity index (χ4v) is 4.57. The van der Waals surface area contributed by atoms with E-state index < -0.39 is 0 Å². The van der Waals surface area contributed by atoms with Crippen LogP contribution in [0.5, 0.6) is 0 Å². The number of nitrogens with zero attached hydrogens (tertiary/aromatic N) is 4. The topological polar surface area (TPSA) is 41.4 Å². The van der Waals surface area contributed by atoms with E-state index in [0.29, 0.717) is 12.0 Å². The van der Waals surface area contributed by atoms with Crippen LogP contribution in [0.2, 0.25) is 0 Å². The predicted molar refractivity (Wildman–Crippen MR) is 107 cm³/mol. The average Bonchev–Trinajstić information content (AvgIpc) is 3.02. The number of fused-ring (bicyclic) bond motifs is 4. The fraction of sp³-hybridized carbons (Fsp3) is 0.545. The van der Waals surface area contributed by atoms with Gasteiger partial charge >= 0.3 is 0 Å². The molecule has 0 saturated carbocycles. The van der Waals surface area contributed by atoms with E-state index in [-0.39, 0.29) is 5.91 Å². The van der Waals surface area contributed by atoms with E-state index in [1.807, 2.05) is 17.8 Å². The van der Waals surface area contributed by atoms with Gasteiger partial charge in [-0.1, -0.05) is 30.3 Å². The Morgan fingerprint density at radius 2 is 2.00 bits per heavy atom. The molecule has 0 unspecified atom stereocenters. The average molecular weight is 367 g/mol. The quantitative estimate of drug-likeness (QED) is 0.789. The lowest BCUT2D eigenvalue weighted by Gasteiger charge is -2.36. The molecule has 1 aromatic heterocycles. The number of hydrogen-bond acceptors (Lipinski definition) is 3. The van der Waals surface area contributed by atoms with Crippen molar-refractivity contribution in [2.24, 2.45) is 5.92 Å². The van der Waals surface area contributed by atoms with Crippen molar-refractivity contribution in [3.63, 3.8) is 0 Å². The van der Waals surface area contributed by atoms with Crippen molar-refractivity contribution >= 4 is 5.91 Å². The zero-order chi connectivity index (χ0) is 18.6. The second-order valence-electron chi connectivity index (χ2n) is 7.99. The molecule has 3 fully saturated rings. The summed E-state index contributed by atoms with van der Waals surface area (Å²) in [7, 11) is 0. The van der Waals surface area contributed by atoms with Gasteiger partial charge in [-0.2, -0.15) is 5.10 Å². The van der Waals surface area contributed by atoms with Gasteiger partial charge in [-0.3, -0.25) is 9.48 Å². The number of benzene rings is 1. The summed E-state index contributed by atoms with van der Waals surface area (Å²) in [6, 6.07) is 11.1. The maximum Gasteiger partial charge on any atom is 0.257 e. The van der Waals surface area contributed by atoms with Gasteiger partial charge < -0.3 is 9.80 Å². The summed E-state index contributed by atoms with van der Waals surface area (Å²) in [5, 5.41) is 4.28. The molecule has 2 bridgehead atoms. The third-order valence-electron chi connectivity index (χ3n) is 6.04. The highest BCUT2D eigenvalue weighted by Crippen LogP contribution is 2.29. The van der Waals surface area contributed by atoms with Crippen LogP contribution in [0, 0.1) is 5.92 Å². The van der Waals surface area contributed by atoms with Gasteiger partial charge in [0.2, 0.25) is 0 Å². The standard InChI is InChI=1S/C22H30N4O/c1-2-25-16-20(13-23-25)22(27)26-15-19-10-11-21(26)17-24(14-19)12-6-9-18-7-4-3-5-8-18/h3-5,7-8,13,16,19,21H,2,6,9-12,14-15,17H2,1H3/t19-,21+/m0/s1. The van der Waals surface area contributed by atoms with Crippen LogP contribution in [0.15, 0.2) is 42.7 Å². The minimum Gasteiger partial charge on any atom is -0.334 e. The summed E-state index contributed by atoms with van der Waals surface area (Å²) in [4.78, 5) is 17.8. The maximum absolute atomic E-state index is 13.0. The summed E-state index contributed by atoms with van der Waals surface area (Å²) in [5.74, 6) is 0.765. The van der Waals surface area contributed by atoms with Crippen molar-refractivity contribution in [2.75, 3.05) is 26.2 Å². The Labute approximate surface area is 162 Å². The molecule has 5 heteroatoms. The van der Waals surface area contributed by atoms with Crippen molar-refractivity contribution in [3.8, 4) is 0 Å². The smallest absolute Gasteiger partial charge is 0.257 e. The number of carbonyl (C=O) groups excluding carboxylic acids is 1. The molecule has 3 aliphatic rings. The van der Waals surface area contributed by atoms with Gasteiger partial charge in [0.15, 0.2) is 0 Å². The first kappa shape index (κ1) is 18.2. The van der Waals surface area contributed by atoms with Crippen LogP contribution >= 0.6 is 0 Å². The SMILES string of the molecule is CCn1cc(C(=O)N2C[C@H]3CC[C@@H]2CN(CCCc2ccccc2)C3)cn1. The van der Waals surface area contributed by atoms with Crippen molar-refractivity contribution < 1.29 is 4.79 Å². The van der Waals surface area contributed by atoms with Gasteiger partial charge in [0.25, 0.3) is 5.91 Å². The lowest BCUT2D eigenvalue weighted by molar-refractivity contribution is 0.0585. The predicted octanol–water partition coefficient (Wildman–Crippen LogP) is 3.07. The van der Waals surface area contributed by atoms with E-state index in [1.165, 1.54) is 18.4 Å². The van der Waals surface area contributed by atoms with Crippen molar-refractivity contribution in [1.82, 2.24) is 19.6 Å². The minimum absolute atomic E-state index is 0.163. The number of aryl methyl sites for hydroxylation is 2. The van der Waals surface area contributed by atoms with Crippen LogP contribution in [0.3, 0.4) is 0 Å². The van der Waals surface area contributed by atoms with Gasteiger partial charge in [0.1, 0.15) is 0 Å². The normalized spacial score (nSPS) is 22.8. The molecule has 0 N–H and O–H groups in total. The van der Waals surface area contributed by atoms with Crippen LogP contribution < -0.4 is 0 Å². The van der Waals surface area contributed by atoms with Gasteiger partial charge in [0, 0.05) is 38.4 Å². The molecule has 27 heavy (non-hydrogen) atoms. The van der Waals surface area contributed by atoms with E-state index in [2.05, 4.69) is 45.2 Å². The first-order valence-electron chi connectivity index (χ1n) is 10.3. The number of piperidine rings is 1. The third kappa shape index (κ3) is 4.24. The number of hydrogen-bond donors (Lipinski definition) is 0. The fourth-order valence-electron chi connectivity index (χ4n) is 4.57. The molecule has 1 amide bonds. The van der Waals surface area contributed by atoms with Crippen molar-refractivity contribution in [2.45, 2.75) is 45.2 Å². The number of rotatable bonds is 6. The van der Waals surface area contributed by atoms with Gasteiger partial charge in [0.05, 0.1) is 11.8 Å². The molecule has 3 saturated heterocycles. The van der Waals surface area contributed by atoms with E-state index in [9.17, 15) is 4.79 Å². The molecule has 2 aromatic rings. The Hall–Kier alpha value is -2.14. The first-order chi connectivity index (χ1) is 13.2. The molecular formula is C22H30N4O. The second-order valence-corrected chi connectivity index (χ2v) is 7.99. The third-order valence-corrected chi connectivity index (χ3v) is 6.04. The molecule has 0 radical (unpaired) electrons. The summed E-state index contributed by atoms with van der Waals surface area (Å²) < 4.78 is 1.83. The summed E-state index contributed by atoms with van der Waals surface area (Å²) >= 11 is 0. The van der Waals surface area contributed by atoms with Crippen LogP contribution in [-0.2, 0) is 13.0 Å².